The van der Waals surface area contributed by atoms with Gasteiger partial charge in [0.1, 0.15) is 12.4 Å². The molecule has 0 aromatic heterocycles. The van der Waals surface area contributed by atoms with Crippen molar-refractivity contribution in [1.29, 1.82) is 0 Å². The molecule has 1 rings (SSSR count). The van der Waals surface area contributed by atoms with Crippen molar-refractivity contribution in [2.45, 2.75) is 18.9 Å². The molecular formula is C11H14F3NO. The van der Waals surface area contributed by atoms with Crippen LogP contribution in [0, 0.1) is 5.82 Å². The Morgan fingerprint density at radius 1 is 1.25 bits per heavy atom. The molecule has 1 unspecified atom stereocenters. The molecule has 0 saturated heterocycles. The van der Waals surface area contributed by atoms with Gasteiger partial charge in [0.2, 0.25) is 0 Å². The summed E-state index contributed by atoms with van der Waals surface area (Å²) in [4.78, 5) is 0. The smallest absolute Gasteiger partial charge is 0.261 e. The van der Waals surface area contributed by atoms with Crippen LogP contribution in [0.4, 0.5) is 13.2 Å². The number of halogens is 3. The first-order valence-corrected chi connectivity index (χ1v) is 4.97. The first-order chi connectivity index (χ1) is 7.61. The molecule has 0 saturated carbocycles. The normalized spacial score (nSPS) is 13.1. The molecule has 0 amide bonds. The third kappa shape index (κ3) is 4.20. The highest BCUT2D eigenvalue weighted by atomic mass is 19.3. The molecule has 1 atom stereocenters. The van der Waals surface area contributed by atoms with E-state index in [0.717, 1.165) is 0 Å². The Morgan fingerprint density at radius 2 is 1.94 bits per heavy atom. The molecule has 0 aliphatic rings. The maximum absolute atomic E-state index is 13.2. The fourth-order valence-electron chi connectivity index (χ4n) is 1.31. The summed E-state index contributed by atoms with van der Waals surface area (Å²) in [7, 11) is 0. The molecule has 5 heteroatoms. The van der Waals surface area contributed by atoms with Crippen LogP contribution >= 0.6 is 0 Å². The Hall–Kier alpha value is -1.07. The van der Waals surface area contributed by atoms with Crippen LogP contribution in [0.1, 0.15) is 18.0 Å². The van der Waals surface area contributed by atoms with Crippen LogP contribution in [0.25, 0.3) is 0 Å². The molecule has 0 radical (unpaired) electrons. The average Bonchev–Trinajstić information content (AvgIpc) is 2.24. The van der Waals surface area contributed by atoms with Gasteiger partial charge >= 0.3 is 0 Å². The monoisotopic (exact) mass is 233 g/mol. The van der Waals surface area contributed by atoms with E-state index in [2.05, 4.69) is 4.74 Å². The zero-order valence-electron chi connectivity index (χ0n) is 8.70. The summed E-state index contributed by atoms with van der Waals surface area (Å²) < 4.78 is 41.4. The van der Waals surface area contributed by atoms with E-state index in [-0.39, 0.29) is 12.4 Å². The van der Waals surface area contributed by atoms with Crippen LogP contribution in [0.2, 0.25) is 0 Å². The average molecular weight is 233 g/mol. The Bertz CT molecular complexity index is 320. The van der Waals surface area contributed by atoms with Crippen molar-refractivity contribution < 1.29 is 17.9 Å². The molecule has 1 aromatic carbocycles. The van der Waals surface area contributed by atoms with Gasteiger partial charge in [-0.15, -0.1) is 0 Å². The van der Waals surface area contributed by atoms with Crippen LogP contribution in [-0.4, -0.2) is 19.6 Å². The molecule has 2 nitrogen and oxygen atoms in total. The Labute approximate surface area is 92.2 Å². The third-order valence-electron chi connectivity index (χ3n) is 2.12. The van der Waals surface area contributed by atoms with Gasteiger partial charge in [-0.3, -0.25) is 0 Å². The van der Waals surface area contributed by atoms with Crippen LogP contribution in [0.5, 0.6) is 0 Å². The topological polar surface area (TPSA) is 35.2 Å². The van der Waals surface area contributed by atoms with E-state index < -0.39 is 19.1 Å². The Kier molecular flexibility index (Phi) is 5.28. The first-order valence-electron chi connectivity index (χ1n) is 4.97. The number of ether oxygens (including phenoxy) is 1. The maximum Gasteiger partial charge on any atom is 0.261 e. The zero-order valence-corrected chi connectivity index (χ0v) is 8.70. The second-order valence-electron chi connectivity index (χ2n) is 3.38. The molecule has 0 aliphatic heterocycles. The number of nitrogens with two attached hydrogens (primary N) is 1. The highest BCUT2D eigenvalue weighted by Crippen LogP contribution is 2.17. The fraction of sp³-hybridized carbons (Fsp3) is 0.455. The van der Waals surface area contributed by atoms with Crippen molar-refractivity contribution in [3.8, 4) is 0 Å². The van der Waals surface area contributed by atoms with Crippen molar-refractivity contribution in [3.63, 3.8) is 0 Å². The van der Waals surface area contributed by atoms with Crippen LogP contribution < -0.4 is 5.73 Å². The highest BCUT2D eigenvalue weighted by molar-refractivity contribution is 5.20. The van der Waals surface area contributed by atoms with Gasteiger partial charge < -0.3 is 10.5 Å². The van der Waals surface area contributed by atoms with E-state index in [4.69, 9.17) is 5.73 Å². The summed E-state index contributed by atoms with van der Waals surface area (Å²) in [6.07, 6.45) is -2.17. The third-order valence-corrected chi connectivity index (χ3v) is 2.12. The zero-order chi connectivity index (χ0) is 12.0. The number of alkyl halides is 2. The predicted molar refractivity (Wildman–Crippen MR) is 54.8 cm³/mol. The van der Waals surface area contributed by atoms with E-state index in [9.17, 15) is 13.2 Å². The summed E-state index contributed by atoms with van der Waals surface area (Å²) >= 11 is 0. The Balaban J connectivity index is 2.35. The molecule has 0 aliphatic carbocycles. The van der Waals surface area contributed by atoms with Crippen molar-refractivity contribution in [2.24, 2.45) is 5.73 Å². The summed E-state index contributed by atoms with van der Waals surface area (Å²) in [5, 5.41) is 0. The number of hydrogen-bond donors (Lipinski definition) is 1. The lowest BCUT2D eigenvalue weighted by Crippen LogP contribution is -2.16. The summed E-state index contributed by atoms with van der Waals surface area (Å²) in [5.74, 6) is -0.385. The van der Waals surface area contributed by atoms with Crippen LogP contribution in [0.3, 0.4) is 0 Å². The van der Waals surface area contributed by atoms with E-state index in [0.29, 0.717) is 12.0 Å². The van der Waals surface area contributed by atoms with Gasteiger partial charge in [0.05, 0.1) is 0 Å². The second-order valence-corrected chi connectivity index (χ2v) is 3.38. The van der Waals surface area contributed by atoms with E-state index in [1.165, 1.54) is 6.07 Å². The van der Waals surface area contributed by atoms with Crippen molar-refractivity contribution in [2.75, 3.05) is 13.2 Å². The molecule has 0 bridgehead atoms. The van der Waals surface area contributed by atoms with Gasteiger partial charge in [0, 0.05) is 18.2 Å². The van der Waals surface area contributed by atoms with Gasteiger partial charge in [-0.25, -0.2) is 13.2 Å². The van der Waals surface area contributed by atoms with E-state index in [1.54, 1.807) is 18.2 Å². The molecular weight excluding hydrogens is 219 g/mol. The van der Waals surface area contributed by atoms with E-state index in [1.807, 2.05) is 0 Å². The fourth-order valence-corrected chi connectivity index (χ4v) is 1.31. The lowest BCUT2D eigenvalue weighted by Gasteiger charge is -2.12. The van der Waals surface area contributed by atoms with Crippen molar-refractivity contribution >= 4 is 0 Å². The largest absolute Gasteiger partial charge is 0.375 e. The maximum atomic E-state index is 13.2. The number of rotatable bonds is 6. The molecule has 0 heterocycles. The predicted octanol–water partition coefficient (Wildman–Crippen LogP) is 2.50. The van der Waals surface area contributed by atoms with Gasteiger partial charge in [-0.05, 0) is 12.5 Å². The van der Waals surface area contributed by atoms with E-state index >= 15 is 0 Å². The summed E-state index contributed by atoms with van der Waals surface area (Å²) in [6.45, 7) is -0.510. The number of benzene rings is 1. The van der Waals surface area contributed by atoms with Gasteiger partial charge in [-0.1, -0.05) is 18.2 Å². The molecule has 1 aromatic rings. The molecule has 2 N–H and O–H groups in total. The SMILES string of the molecule is NC(CCOCC(F)F)c1ccccc1F. The Morgan fingerprint density at radius 3 is 2.56 bits per heavy atom. The first kappa shape index (κ1) is 13.0. The minimum absolute atomic E-state index is 0.0971. The lowest BCUT2D eigenvalue weighted by molar-refractivity contribution is 0.0151. The van der Waals surface area contributed by atoms with Crippen LogP contribution in [-0.2, 0) is 4.74 Å². The van der Waals surface area contributed by atoms with Crippen molar-refractivity contribution in [1.82, 2.24) is 0 Å². The van der Waals surface area contributed by atoms with Crippen LogP contribution in [0.15, 0.2) is 24.3 Å². The summed E-state index contributed by atoms with van der Waals surface area (Å²) in [6, 6.07) is 5.61. The lowest BCUT2D eigenvalue weighted by atomic mass is 10.0. The van der Waals surface area contributed by atoms with Gasteiger partial charge in [0.15, 0.2) is 0 Å². The van der Waals surface area contributed by atoms with Gasteiger partial charge in [-0.2, -0.15) is 0 Å². The quantitative estimate of drug-likeness (QED) is 0.766. The molecule has 16 heavy (non-hydrogen) atoms. The van der Waals surface area contributed by atoms with Crippen molar-refractivity contribution in [3.05, 3.63) is 35.6 Å². The summed E-state index contributed by atoms with van der Waals surface area (Å²) in [5.41, 5.74) is 6.08. The second kappa shape index (κ2) is 6.50. The molecule has 0 spiro atoms. The minimum Gasteiger partial charge on any atom is -0.375 e. The highest BCUT2D eigenvalue weighted by Gasteiger charge is 2.10. The molecule has 0 fully saturated rings. The van der Waals surface area contributed by atoms with Gasteiger partial charge in [0.25, 0.3) is 6.43 Å². The minimum atomic E-state index is -2.48. The standard InChI is InChI=1S/C11H14F3NO/c12-9-4-2-1-3-8(9)10(15)5-6-16-7-11(13)14/h1-4,10-11H,5-7,15H2. The number of hydrogen-bond acceptors (Lipinski definition) is 2. The molecule has 90 valence electrons.